The highest BCUT2D eigenvalue weighted by molar-refractivity contribution is 5.93. The fourth-order valence-electron chi connectivity index (χ4n) is 3.30. The quantitative estimate of drug-likeness (QED) is 0.847. The van der Waals surface area contributed by atoms with Crippen LogP contribution in [0.15, 0.2) is 10.9 Å². The fraction of sp³-hybridized carbons (Fsp3) is 0.625. The molecule has 0 aromatic carbocycles. The SMILES string of the molecule is COC(=O)c1c(OC2CCCC2)cc(=O)n2c1CCNCC2. The van der Waals surface area contributed by atoms with Crippen LogP contribution >= 0.6 is 0 Å². The van der Waals surface area contributed by atoms with Gasteiger partial charge in [0, 0.05) is 37.8 Å². The number of methoxy groups -OCH3 is 1. The van der Waals surface area contributed by atoms with E-state index >= 15 is 0 Å². The molecule has 1 aliphatic heterocycles. The molecule has 1 saturated carbocycles. The Balaban J connectivity index is 2.07. The van der Waals surface area contributed by atoms with Crippen LogP contribution < -0.4 is 15.6 Å². The molecule has 3 rings (SSSR count). The summed E-state index contributed by atoms with van der Waals surface area (Å²) in [5.74, 6) is -0.0458. The lowest BCUT2D eigenvalue weighted by Crippen LogP contribution is -2.28. The molecule has 0 unspecified atom stereocenters. The summed E-state index contributed by atoms with van der Waals surface area (Å²) < 4.78 is 12.6. The third kappa shape index (κ3) is 2.88. The summed E-state index contributed by atoms with van der Waals surface area (Å²) in [5.41, 5.74) is 1.02. The molecule has 6 heteroatoms. The van der Waals surface area contributed by atoms with E-state index in [4.69, 9.17) is 9.47 Å². The number of ether oxygens (including phenoxy) is 2. The molecule has 0 spiro atoms. The Morgan fingerprint density at radius 1 is 1.32 bits per heavy atom. The summed E-state index contributed by atoms with van der Waals surface area (Å²) in [6.07, 6.45) is 4.91. The van der Waals surface area contributed by atoms with Gasteiger partial charge in [0.15, 0.2) is 0 Å². The largest absolute Gasteiger partial charge is 0.489 e. The van der Waals surface area contributed by atoms with Crippen LogP contribution in [0.2, 0.25) is 0 Å². The van der Waals surface area contributed by atoms with E-state index in [9.17, 15) is 9.59 Å². The maximum atomic E-state index is 12.4. The lowest BCUT2D eigenvalue weighted by Gasteiger charge is -2.20. The van der Waals surface area contributed by atoms with Crippen molar-refractivity contribution in [3.05, 3.63) is 27.7 Å². The van der Waals surface area contributed by atoms with Crippen LogP contribution in [0.25, 0.3) is 0 Å². The minimum atomic E-state index is -0.432. The molecule has 0 amide bonds. The van der Waals surface area contributed by atoms with Gasteiger partial charge in [-0.2, -0.15) is 0 Å². The van der Waals surface area contributed by atoms with Gasteiger partial charge in [0.2, 0.25) is 0 Å². The van der Waals surface area contributed by atoms with E-state index in [1.165, 1.54) is 13.2 Å². The van der Waals surface area contributed by atoms with E-state index < -0.39 is 5.97 Å². The van der Waals surface area contributed by atoms with E-state index in [0.29, 0.717) is 24.3 Å². The van der Waals surface area contributed by atoms with Crippen LogP contribution in [-0.2, 0) is 17.7 Å². The molecule has 22 heavy (non-hydrogen) atoms. The number of carbonyl (C=O) groups is 1. The zero-order chi connectivity index (χ0) is 15.5. The van der Waals surface area contributed by atoms with Crippen LogP contribution in [0.4, 0.5) is 0 Å². The molecule has 0 saturated heterocycles. The van der Waals surface area contributed by atoms with Crippen molar-refractivity contribution in [3.63, 3.8) is 0 Å². The van der Waals surface area contributed by atoms with Gasteiger partial charge in [-0.3, -0.25) is 4.79 Å². The Labute approximate surface area is 129 Å². The predicted molar refractivity (Wildman–Crippen MR) is 81.5 cm³/mol. The van der Waals surface area contributed by atoms with Crippen molar-refractivity contribution in [3.8, 4) is 5.75 Å². The van der Waals surface area contributed by atoms with Crippen molar-refractivity contribution >= 4 is 5.97 Å². The van der Waals surface area contributed by atoms with Gasteiger partial charge in [-0.05, 0) is 25.7 Å². The first kappa shape index (κ1) is 15.1. The Kier molecular flexibility index (Phi) is 4.47. The smallest absolute Gasteiger partial charge is 0.343 e. The van der Waals surface area contributed by atoms with Gasteiger partial charge in [0.05, 0.1) is 13.2 Å². The van der Waals surface area contributed by atoms with Crippen molar-refractivity contribution < 1.29 is 14.3 Å². The zero-order valence-corrected chi connectivity index (χ0v) is 12.9. The summed E-state index contributed by atoms with van der Waals surface area (Å²) in [6, 6.07) is 1.44. The van der Waals surface area contributed by atoms with Gasteiger partial charge in [-0.1, -0.05) is 0 Å². The normalized spacial score (nSPS) is 18.6. The number of pyridine rings is 1. The number of fused-ring (bicyclic) bond motifs is 1. The van der Waals surface area contributed by atoms with Crippen LogP contribution in [0.5, 0.6) is 5.75 Å². The first-order chi connectivity index (χ1) is 10.7. The Morgan fingerprint density at radius 3 is 2.82 bits per heavy atom. The summed E-state index contributed by atoms with van der Waals surface area (Å²) in [4.78, 5) is 24.6. The minimum Gasteiger partial charge on any atom is -0.489 e. The molecule has 2 aliphatic rings. The second-order valence-electron chi connectivity index (χ2n) is 5.84. The highest BCUT2D eigenvalue weighted by Gasteiger charge is 2.26. The van der Waals surface area contributed by atoms with Crippen LogP contribution in [0.3, 0.4) is 0 Å². The van der Waals surface area contributed by atoms with Gasteiger partial charge in [0.25, 0.3) is 5.56 Å². The highest BCUT2D eigenvalue weighted by atomic mass is 16.5. The van der Waals surface area contributed by atoms with E-state index in [-0.39, 0.29) is 11.7 Å². The van der Waals surface area contributed by atoms with Gasteiger partial charge in [-0.15, -0.1) is 0 Å². The van der Waals surface area contributed by atoms with Gasteiger partial charge in [-0.25, -0.2) is 4.79 Å². The zero-order valence-electron chi connectivity index (χ0n) is 12.9. The standard InChI is InChI=1S/C16H22N2O4/c1-21-16(20)15-12-6-7-17-8-9-18(12)14(19)10-13(15)22-11-4-2-3-5-11/h10-11,17H,2-9H2,1H3. The second-order valence-corrected chi connectivity index (χ2v) is 5.84. The molecule has 1 aliphatic carbocycles. The Bertz CT molecular complexity index is 617. The monoisotopic (exact) mass is 306 g/mol. The second kappa shape index (κ2) is 6.52. The summed E-state index contributed by atoms with van der Waals surface area (Å²) >= 11 is 0. The molecule has 6 nitrogen and oxygen atoms in total. The van der Waals surface area contributed by atoms with Crippen molar-refractivity contribution in [2.45, 2.75) is 44.8 Å². The molecule has 1 aromatic heterocycles. The van der Waals surface area contributed by atoms with Gasteiger partial charge >= 0.3 is 5.97 Å². The average Bonchev–Trinajstić information content (AvgIpc) is 2.89. The Hall–Kier alpha value is -1.82. The molecule has 1 aromatic rings. The van der Waals surface area contributed by atoms with E-state index in [2.05, 4.69) is 5.32 Å². The van der Waals surface area contributed by atoms with Crippen LogP contribution in [0, 0.1) is 0 Å². The van der Waals surface area contributed by atoms with Crippen LogP contribution in [0.1, 0.15) is 41.7 Å². The number of carbonyl (C=O) groups excluding carboxylic acids is 1. The molecule has 0 bridgehead atoms. The van der Waals surface area contributed by atoms with Crippen molar-refractivity contribution in [2.75, 3.05) is 20.2 Å². The predicted octanol–water partition coefficient (Wildman–Crippen LogP) is 1.10. The highest BCUT2D eigenvalue weighted by Crippen LogP contribution is 2.28. The Morgan fingerprint density at radius 2 is 2.09 bits per heavy atom. The molecule has 120 valence electrons. The maximum Gasteiger partial charge on any atom is 0.343 e. The van der Waals surface area contributed by atoms with Gasteiger partial charge < -0.3 is 19.4 Å². The van der Waals surface area contributed by atoms with Gasteiger partial charge in [0.1, 0.15) is 11.3 Å². The number of nitrogens with one attached hydrogen (secondary N) is 1. The fourth-order valence-corrected chi connectivity index (χ4v) is 3.30. The molecular formula is C16H22N2O4. The van der Waals surface area contributed by atoms with Crippen molar-refractivity contribution in [1.82, 2.24) is 9.88 Å². The number of nitrogens with zero attached hydrogens (tertiary/aromatic N) is 1. The number of hydrogen-bond acceptors (Lipinski definition) is 5. The average molecular weight is 306 g/mol. The number of aromatic nitrogens is 1. The van der Waals surface area contributed by atoms with E-state index in [1.807, 2.05) is 0 Å². The lowest BCUT2D eigenvalue weighted by atomic mass is 10.1. The van der Waals surface area contributed by atoms with E-state index in [0.717, 1.165) is 44.5 Å². The van der Waals surface area contributed by atoms with Crippen molar-refractivity contribution in [1.29, 1.82) is 0 Å². The number of esters is 1. The van der Waals surface area contributed by atoms with Crippen molar-refractivity contribution in [2.24, 2.45) is 0 Å². The maximum absolute atomic E-state index is 12.4. The van der Waals surface area contributed by atoms with E-state index in [1.54, 1.807) is 4.57 Å². The first-order valence-electron chi connectivity index (χ1n) is 7.93. The van der Waals surface area contributed by atoms with Crippen LogP contribution in [-0.4, -0.2) is 36.8 Å². The summed E-state index contributed by atoms with van der Waals surface area (Å²) in [5, 5.41) is 3.25. The molecule has 1 N–H and O–H groups in total. The topological polar surface area (TPSA) is 69.6 Å². The molecule has 0 atom stereocenters. The first-order valence-corrected chi connectivity index (χ1v) is 7.93. The molecule has 0 radical (unpaired) electrons. The third-order valence-electron chi connectivity index (χ3n) is 4.42. The molecule has 1 fully saturated rings. The molecule has 2 heterocycles. The third-order valence-corrected chi connectivity index (χ3v) is 4.42. The lowest BCUT2D eigenvalue weighted by molar-refractivity contribution is 0.0590. The number of rotatable bonds is 3. The minimum absolute atomic E-state index is 0.0924. The molecular weight excluding hydrogens is 284 g/mol. The summed E-state index contributed by atoms with van der Waals surface area (Å²) in [6.45, 7) is 2.01. The summed E-state index contributed by atoms with van der Waals surface area (Å²) in [7, 11) is 1.36. The number of hydrogen-bond donors (Lipinski definition) is 1.